The highest BCUT2D eigenvalue weighted by molar-refractivity contribution is 6.31. The van der Waals surface area contributed by atoms with E-state index in [-0.39, 0.29) is 17.9 Å². The summed E-state index contributed by atoms with van der Waals surface area (Å²) in [7, 11) is 0. The Morgan fingerprint density at radius 1 is 1.08 bits per heavy atom. The van der Waals surface area contributed by atoms with Crippen molar-refractivity contribution in [2.24, 2.45) is 5.92 Å². The van der Waals surface area contributed by atoms with Gasteiger partial charge in [0.1, 0.15) is 0 Å². The van der Waals surface area contributed by atoms with Crippen molar-refractivity contribution in [1.82, 2.24) is 15.1 Å². The van der Waals surface area contributed by atoms with Gasteiger partial charge < -0.3 is 15.1 Å². The standard InChI is InChI=1S/C18H24ClN3O2/c19-16-5-2-1-4-14(16)8-9-20-18(24)22-11-3-10-21(12-13-22)17(23)15-6-7-15/h1-2,4-5,15H,3,6-13H2,(H,20,24). The summed E-state index contributed by atoms with van der Waals surface area (Å²) in [4.78, 5) is 28.2. The second-order valence-corrected chi connectivity index (χ2v) is 6.92. The minimum absolute atomic E-state index is 0.0530. The molecule has 6 heteroatoms. The van der Waals surface area contributed by atoms with E-state index in [0.717, 1.165) is 36.4 Å². The fourth-order valence-corrected chi connectivity index (χ4v) is 3.28. The van der Waals surface area contributed by atoms with Crippen LogP contribution in [0.2, 0.25) is 5.02 Å². The highest BCUT2D eigenvalue weighted by Crippen LogP contribution is 2.31. The van der Waals surface area contributed by atoms with Crippen molar-refractivity contribution in [2.45, 2.75) is 25.7 Å². The van der Waals surface area contributed by atoms with Crippen LogP contribution in [0.1, 0.15) is 24.8 Å². The number of carbonyl (C=O) groups is 2. The van der Waals surface area contributed by atoms with E-state index in [1.807, 2.05) is 34.1 Å². The fraction of sp³-hybridized carbons (Fsp3) is 0.556. The molecule has 1 aliphatic carbocycles. The van der Waals surface area contributed by atoms with Gasteiger partial charge in [-0.2, -0.15) is 0 Å². The lowest BCUT2D eigenvalue weighted by Crippen LogP contribution is -2.43. The van der Waals surface area contributed by atoms with E-state index in [4.69, 9.17) is 11.6 Å². The molecule has 0 atom stereocenters. The molecule has 0 unspecified atom stereocenters. The van der Waals surface area contributed by atoms with Gasteiger partial charge in [0.05, 0.1) is 0 Å². The largest absolute Gasteiger partial charge is 0.341 e. The molecule has 0 radical (unpaired) electrons. The van der Waals surface area contributed by atoms with Crippen molar-refractivity contribution in [1.29, 1.82) is 0 Å². The van der Waals surface area contributed by atoms with E-state index in [2.05, 4.69) is 5.32 Å². The number of benzene rings is 1. The van der Waals surface area contributed by atoms with Crippen LogP contribution in [0.25, 0.3) is 0 Å². The molecule has 24 heavy (non-hydrogen) atoms. The maximum absolute atomic E-state index is 12.3. The van der Waals surface area contributed by atoms with Gasteiger partial charge in [-0.15, -0.1) is 0 Å². The summed E-state index contributed by atoms with van der Waals surface area (Å²) in [6.45, 7) is 3.28. The third-order valence-corrected chi connectivity index (χ3v) is 5.02. The van der Waals surface area contributed by atoms with Crippen LogP contribution in [0.5, 0.6) is 0 Å². The Morgan fingerprint density at radius 2 is 1.79 bits per heavy atom. The molecule has 1 aliphatic heterocycles. The molecular formula is C18H24ClN3O2. The normalized spacial score (nSPS) is 18.2. The van der Waals surface area contributed by atoms with Gasteiger partial charge in [-0.1, -0.05) is 29.8 Å². The number of hydrogen-bond donors (Lipinski definition) is 1. The monoisotopic (exact) mass is 349 g/mol. The van der Waals surface area contributed by atoms with E-state index in [0.29, 0.717) is 32.6 Å². The molecular weight excluding hydrogens is 326 g/mol. The van der Waals surface area contributed by atoms with Crippen LogP contribution < -0.4 is 5.32 Å². The average molecular weight is 350 g/mol. The molecule has 0 spiro atoms. The van der Waals surface area contributed by atoms with Crippen LogP contribution >= 0.6 is 11.6 Å². The van der Waals surface area contributed by atoms with Crippen LogP contribution in [0, 0.1) is 5.92 Å². The van der Waals surface area contributed by atoms with Crippen molar-refractivity contribution < 1.29 is 9.59 Å². The van der Waals surface area contributed by atoms with Gasteiger partial charge >= 0.3 is 6.03 Å². The molecule has 5 nitrogen and oxygen atoms in total. The second kappa shape index (κ2) is 7.88. The summed E-state index contributed by atoms with van der Waals surface area (Å²) in [6.07, 6.45) is 3.62. The molecule has 130 valence electrons. The van der Waals surface area contributed by atoms with E-state index >= 15 is 0 Å². The van der Waals surface area contributed by atoms with Gasteiger partial charge in [-0.3, -0.25) is 4.79 Å². The van der Waals surface area contributed by atoms with E-state index in [1.54, 1.807) is 0 Å². The summed E-state index contributed by atoms with van der Waals surface area (Å²) < 4.78 is 0. The number of nitrogens with one attached hydrogen (secondary N) is 1. The summed E-state index contributed by atoms with van der Waals surface area (Å²) in [5, 5.41) is 3.69. The van der Waals surface area contributed by atoms with Gasteiger partial charge in [-0.25, -0.2) is 4.79 Å². The van der Waals surface area contributed by atoms with Gasteiger partial charge in [0.25, 0.3) is 0 Å². The maximum atomic E-state index is 12.3. The lowest BCUT2D eigenvalue weighted by molar-refractivity contribution is -0.132. The number of amides is 3. The number of urea groups is 1. The Labute approximate surface area is 147 Å². The first-order valence-electron chi connectivity index (χ1n) is 8.70. The molecule has 1 heterocycles. The van der Waals surface area contributed by atoms with Crippen LogP contribution in [-0.2, 0) is 11.2 Å². The highest BCUT2D eigenvalue weighted by Gasteiger charge is 2.34. The zero-order chi connectivity index (χ0) is 16.9. The fourth-order valence-electron chi connectivity index (χ4n) is 3.05. The Bertz CT molecular complexity index is 604. The van der Waals surface area contributed by atoms with Crippen LogP contribution in [0.3, 0.4) is 0 Å². The molecule has 1 aromatic carbocycles. The average Bonchev–Trinajstić information content (AvgIpc) is 3.42. The number of hydrogen-bond acceptors (Lipinski definition) is 2. The van der Waals surface area contributed by atoms with Crippen LogP contribution in [0.4, 0.5) is 4.79 Å². The highest BCUT2D eigenvalue weighted by atomic mass is 35.5. The number of rotatable bonds is 4. The quantitative estimate of drug-likeness (QED) is 0.908. The molecule has 3 rings (SSSR count). The first kappa shape index (κ1) is 17.1. The van der Waals surface area contributed by atoms with Crippen molar-refractivity contribution >= 4 is 23.5 Å². The lowest BCUT2D eigenvalue weighted by atomic mass is 10.1. The topological polar surface area (TPSA) is 52.7 Å². The Kier molecular flexibility index (Phi) is 5.61. The second-order valence-electron chi connectivity index (χ2n) is 6.51. The predicted octanol–water partition coefficient (Wildman–Crippen LogP) is 2.54. The molecule has 0 bridgehead atoms. The lowest BCUT2D eigenvalue weighted by Gasteiger charge is -2.22. The zero-order valence-corrected chi connectivity index (χ0v) is 14.6. The van der Waals surface area contributed by atoms with E-state index < -0.39 is 0 Å². The molecule has 2 fully saturated rings. The summed E-state index contributed by atoms with van der Waals surface area (Å²) in [5.74, 6) is 0.525. The van der Waals surface area contributed by atoms with Crippen molar-refractivity contribution in [3.8, 4) is 0 Å². The first-order valence-corrected chi connectivity index (χ1v) is 9.08. The third-order valence-electron chi connectivity index (χ3n) is 4.65. The van der Waals surface area contributed by atoms with Gasteiger partial charge in [0.15, 0.2) is 0 Å². The molecule has 0 aromatic heterocycles. The Hall–Kier alpha value is -1.75. The van der Waals surface area contributed by atoms with Crippen molar-refractivity contribution in [3.05, 3.63) is 34.9 Å². The Morgan fingerprint density at radius 3 is 2.54 bits per heavy atom. The van der Waals surface area contributed by atoms with Crippen LogP contribution in [-0.4, -0.2) is 54.5 Å². The minimum Gasteiger partial charge on any atom is -0.341 e. The summed E-state index contributed by atoms with van der Waals surface area (Å²) in [6, 6.07) is 7.63. The number of nitrogens with zero attached hydrogens (tertiary/aromatic N) is 2. The van der Waals surface area contributed by atoms with E-state index in [1.165, 1.54) is 0 Å². The molecule has 3 amide bonds. The SMILES string of the molecule is O=C(NCCc1ccccc1Cl)N1CCCN(C(=O)C2CC2)CC1. The predicted molar refractivity (Wildman–Crippen MR) is 94.0 cm³/mol. The zero-order valence-electron chi connectivity index (χ0n) is 13.8. The van der Waals surface area contributed by atoms with Gasteiger partial charge in [-0.05, 0) is 37.3 Å². The molecule has 1 aromatic rings. The molecule has 1 N–H and O–H groups in total. The smallest absolute Gasteiger partial charge is 0.317 e. The molecule has 2 aliphatic rings. The van der Waals surface area contributed by atoms with Crippen molar-refractivity contribution in [3.63, 3.8) is 0 Å². The molecule has 1 saturated carbocycles. The van der Waals surface area contributed by atoms with Gasteiger partial charge in [0, 0.05) is 43.7 Å². The Balaban J connectivity index is 1.43. The van der Waals surface area contributed by atoms with E-state index in [9.17, 15) is 9.59 Å². The summed E-state index contributed by atoms with van der Waals surface area (Å²) >= 11 is 6.13. The number of halogens is 1. The third kappa shape index (κ3) is 4.41. The van der Waals surface area contributed by atoms with Crippen molar-refractivity contribution in [2.75, 3.05) is 32.7 Å². The number of carbonyl (C=O) groups excluding carboxylic acids is 2. The summed E-state index contributed by atoms with van der Waals surface area (Å²) in [5.41, 5.74) is 1.04. The molecule has 1 saturated heterocycles. The maximum Gasteiger partial charge on any atom is 0.317 e. The first-order chi connectivity index (χ1) is 11.6. The van der Waals surface area contributed by atoms with Gasteiger partial charge in [0.2, 0.25) is 5.91 Å². The minimum atomic E-state index is -0.0530. The van der Waals surface area contributed by atoms with Crippen LogP contribution in [0.15, 0.2) is 24.3 Å².